The number of nitrogens with zero attached hydrogens (tertiary/aromatic N) is 4. The second-order valence-corrected chi connectivity index (χ2v) is 7.24. The number of ether oxygens (including phenoxy) is 1. The number of amides is 2. The van der Waals surface area contributed by atoms with Gasteiger partial charge >= 0.3 is 0 Å². The third-order valence-corrected chi connectivity index (χ3v) is 5.15. The zero-order chi connectivity index (χ0) is 20.3. The van der Waals surface area contributed by atoms with Crippen LogP contribution in [0, 0.1) is 0 Å². The van der Waals surface area contributed by atoms with Crippen LogP contribution in [0.1, 0.15) is 29.8 Å². The van der Waals surface area contributed by atoms with Gasteiger partial charge in [0, 0.05) is 49.2 Å². The van der Waals surface area contributed by atoms with Crippen LogP contribution in [0.2, 0.25) is 0 Å². The quantitative estimate of drug-likeness (QED) is 0.799. The Balaban J connectivity index is 1.85. The fourth-order valence-corrected chi connectivity index (χ4v) is 3.53. The van der Waals surface area contributed by atoms with Gasteiger partial charge in [-0.15, -0.1) is 0 Å². The van der Waals surface area contributed by atoms with E-state index in [1.807, 2.05) is 12.3 Å². The molecule has 1 aliphatic heterocycles. The summed E-state index contributed by atoms with van der Waals surface area (Å²) in [5, 5.41) is 4.21. The Bertz CT molecular complexity index is 834. The van der Waals surface area contributed by atoms with E-state index in [0.29, 0.717) is 43.5 Å². The molecule has 28 heavy (non-hydrogen) atoms. The van der Waals surface area contributed by atoms with E-state index in [-0.39, 0.29) is 5.91 Å². The largest absolute Gasteiger partial charge is 0.496 e. The van der Waals surface area contributed by atoms with Gasteiger partial charge in [0.15, 0.2) is 0 Å². The van der Waals surface area contributed by atoms with Gasteiger partial charge in [-0.2, -0.15) is 5.10 Å². The fraction of sp³-hybridized carbons (Fsp3) is 0.450. The number of nitrogens with two attached hydrogens (primary N) is 1. The van der Waals surface area contributed by atoms with Crippen molar-refractivity contribution in [3.8, 4) is 5.75 Å². The minimum Gasteiger partial charge on any atom is -0.496 e. The van der Waals surface area contributed by atoms with Crippen molar-refractivity contribution < 1.29 is 14.3 Å². The molecule has 0 saturated carbocycles. The second-order valence-electron chi connectivity index (χ2n) is 7.24. The third kappa shape index (κ3) is 4.17. The van der Waals surface area contributed by atoms with Crippen molar-refractivity contribution in [3.05, 3.63) is 47.8 Å². The number of primary amides is 1. The first kappa shape index (κ1) is 19.9. The summed E-state index contributed by atoms with van der Waals surface area (Å²) in [5.41, 5.74) is 6.96. The topological polar surface area (TPSA) is 93.7 Å². The molecule has 8 heteroatoms. The van der Waals surface area contributed by atoms with E-state index in [9.17, 15) is 9.59 Å². The van der Waals surface area contributed by atoms with E-state index in [1.54, 1.807) is 41.1 Å². The minimum absolute atomic E-state index is 0.198. The van der Waals surface area contributed by atoms with Crippen LogP contribution >= 0.6 is 0 Å². The first-order valence-electron chi connectivity index (χ1n) is 9.39. The number of hydrogen-bond acceptors (Lipinski definition) is 5. The van der Waals surface area contributed by atoms with Crippen LogP contribution in [-0.4, -0.2) is 70.2 Å². The van der Waals surface area contributed by atoms with Crippen molar-refractivity contribution >= 4 is 11.8 Å². The molecule has 2 heterocycles. The van der Waals surface area contributed by atoms with Crippen LogP contribution in [0.15, 0.2) is 36.7 Å². The maximum atomic E-state index is 13.2. The van der Waals surface area contributed by atoms with Crippen LogP contribution < -0.4 is 10.5 Å². The Labute approximate surface area is 164 Å². The van der Waals surface area contributed by atoms with Crippen molar-refractivity contribution in [1.82, 2.24) is 19.6 Å². The van der Waals surface area contributed by atoms with Crippen molar-refractivity contribution in [1.29, 1.82) is 0 Å². The van der Waals surface area contributed by atoms with Gasteiger partial charge in [0.1, 0.15) is 11.8 Å². The van der Waals surface area contributed by atoms with Gasteiger partial charge in [-0.05, 0) is 38.1 Å². The Kier molecular flexibility index (Phi) is 5.99. The highest BCUT2D eigenvalue weighted by Crippen LogP contribution is 2.23. The molecule has 1 atom stereocenters. The lowest BCUT2D eigenvalue weighted by Gasteiger charge is -2.41. The molecule has 2 N–H and O–H groups in total. The van der Waals surface area contributed by atoms with Crippen LogP contribution in [0.3, 0.4) is 0 Å². The van der Waals surface area contributed by atoms with E-state index in [0.717, 1.165) is 5.56 Å². The molecule has 2 aromatic rings. The van der Waals surface area contributed by atoms with E-state index in [1.165, 1.54) is 0 Å². The predicted molar refractivity (Wildman–Crippen MR) is 105 cm³/mol. The lowest BCUT2D eigenvalue weighted by atomic mass is 10.0. The molecule has 0 radical (unpaired) electrons. The lowest BCUT2D eigenvalue weighted by Crippen LogP contribution is -2.61. The summed E-state index contributed by atoms with van der Waals surface area (Å²) < 4.78 is 7.19. The van der Waals surface area contributed by atoms with Gasteiger partial charge < -0.3 is 15.4 Å². The standard InChI is InChI=1S/C20H27N5O3/c1-14(2)23-9-10-25(17(13-23)19(21)26)20(27)15-5-6-18(28-3)16(11-15)12-24-8-4-7-22-24/h4-8,11,14,17H,9-10,12-13H2,1-3H3,(H2,21,26). The maximum Gasteiger partial charge on any atom is 0.254 e. The highest BCUT2D eigenvalue weighted by atomic mass is 16.5. The molecular formula is C20H27N5O3. The first-order chi connectivity index (χ1) is 13.4. The number of benzene rings is 1. The van der Waals surface area contributed by atoms with Gasteiger partial charge in [0.2, 0.25) is 5.91 Å². The van der Waals surface area contributed by atoms with E-state index >= 15 is 0 Å². The summed E-state index contributed by atoms with van der Waals surface area (Å²) in [6.07, 6.45) is 3.55. The second kappa shape index (κ2) is 8.43. The van der Waals surface area contributed by atoms with Gasteiger partial charge in [0.25, 0.3) is 5.91 Å². The van der Waals surface area contributed by atoms with Gasteiger partial charge in [-0.1, -0.05) is 0 Å². The van der Waals surface area contributed by atoms with Crippen molar-refractivity contribution in [2.45, 2.75) is 32.5 Å². The fourth-order valence-electron chi connectivity index (χ4n) is 3.53. The van der Waals surface area contributed by atoms with Gasteiger partial charge in [-0.3, -0.25) is 19.2 Å². The van der Waals surface area contributed by atoms with E-state index in [4.69, 9.17) is 10.5 Å². The average molecular weight is 385 g/mol. The molecule has 0 bridgehead atoms. The number of carbonyl (C=O) groups is 2. The Morgan fingerprint density at radius 3 is 2.71 bits per heavy atom. The average Bonchev–Trinajstić information content (AvgIpc) is 3.19. The number of rotatable bonds is 6. The molecular weight excluding hydrogens is 358 g/mol. The molecule has 1 aromatic carbocycles. The molecule has 2 amide bonds. The number of carbonyl (C=O) groups excluding carboxylic acids is 2. The summed E-state index contributed by atoms with van der Waals surface area (Å²) in [5.74, 6) is 0.00341. The minimum atomic E-state index is -0.639. The van der Waals surface area contributed by atoms with Crippen LogP contribution in [0.5, 0.6) is 5.75 Å². The number of hydrogen-bond donors (Lipinski definition) is 1. The zero-order valence-electron chi connectivity index (χ0n) is 16.5. The molecule has 8 nitrogen and oxygen atoms in total. The van der Waals surface area contributed by atoms with Crippen LogP contribution in [-0.2, 0) is 11.3 Å². The first-order valence-corrected chi connectivity index (χ1v) is 9.39. The summed E-state index contributed by atoms with van der Waals surface area (Å²) >= 11 is 0. The van der Waals surface area contributed by atoms with E-state index in [2.05, 4.69) is 23.8 Å². The Morgan fingerprint density at radius 1 is 1.32 bits per heavy atom. The van der Waals surface area contributed by atoms with Gasteiger partial charge in [-0.25, -0.2) is 0 Å². The SMILES string of the molecule is COc1ccc(C(=O)N2CCN(C(C)C)CC2C(N)=O)cc1Cn1cccn1. The lowest BCUT2D eigenvalue weighted by molar-refractivity contribution is -0.124. The highest BCUT2D eigenvalue weighted by Gasteiger charge is 2.35. The molecule has 0 spiro atoms. The molecule has 1 aromatic heterocycles. The van der Waals surface area contributed by atoms with Crippen molar-refractivity contribution in [2.75, 3.05) is 26.7 Å². The molecule has 1 saturated heterocycles. The highest BCUT2D eigenvalue weighted by molar-refractivity contribution is 5.98. The number of aromatic nitrogens is 2. The zero-order valence-corrected chi connectivity index (χ0v) is 16.5. The summed E-state index contributed by atoms with van der Waals surface area (Å²) in [6.45, 7) is 6.25. The smallest absolute Gasteiger partial charge is 0.254 e. The molecule has 1 aliphatic rings. The van der Waals surface area contributed by atoms with E-state index < -0.39 is 11.9 Å². The van der Waals surface area contributed by atoms with Crippen LogP contribution in [0.25, 0.3) is 0 Å². The summed E-state index contributed by atoms with van der Waals surface area (Å²) in [7, 11) is 1.59. The maximum absolute atomic E-state index is 13.2. The van der Waals surface area contributed by atoms with Crippen molar-refractivity contribution in [3.63, 3.8) is 0 Å². The summed E-state index contributed by atoms with van der Waals surface area (Å²) in [6, 6.07) is 6.79. The molecule has 1 unspecified atom stereocenters. The number of piperazine rings is 1. The van der Waals surface area contributed by atoms with Crippen molar-refractivity contribution in [2.24, 2.45) is 5.73 Å². The summed E-state index contributed by atoms with van der Waals surface area (Å²) in [4.78, 5) is 28.9. The molecule has 1 fully saturated rings. The molecule has 0 aliphatic carbocycles. The molecule has 3 rings (SSSR count). The Hall–Kier alpha value is -2.87. The molecule has 150 valence electrons. The Morgan fingerprint density at radius 2 is 2.11 bits per heavy atom. The monoisotopic (exact) mass is 385 g/mol. The normalized spacial score (nSPS) is 17.7. The predicted octanol–water partition coefficient (Wildman–Crippen LogP) is 0.960. The van der Waals surface area contributed by atoms with Crippen LogP contribution in [0.4, 0.5) is 0 Å². The third-order valence-electron chi connectivity index (χ3n) is 5.15. The van der Waals surface area contributed by atoms with Gasteiger partial charge in [0.05, 0.1) is 13.7 Å². The number of methoxy groups -OCH3 is 1.